The van der Waals surface area contributed by atoms with E-state index in [1.807, 2.05) is 31.2 Å². The van der Waals surface area contributed by atoms with Gasteiger partial charge in [-0.1, -0.05) is 31.2 Å². The quantitative estimate of drug-likeness (QED) is 0.535. The second-order valence-electron chi connectivity index (χ2n) is 8.17. The molecule has 1 aliphatic rings. The molecule has 1 atom stereocenters. The van der Waals surface area contributed by atoms with Gasteiger partial charge in [-0.05, 0) is 56.5 Å². The van der Waals surface area contributed by atoms with Crippen LogP contribution in [-0.4, -0.2) is 56.5 Å². The van der Waals surface area contributed by atoms with Crippen LogP contribution in [0.1, 0.15) is 49.5 Å². The van der Waals surface area contributed by atoms with Crippen LogP contribution >= 0.6 is 0 Å². The van der Waals surface area contributed by atoms with Crippen molar-refractivity contribution < 1.29 is 17.9 Å². The fraction of sp³-hybridized carbons (Fsp3) is 0.480. The van der Waals surface area contributed by atoms with E-state index in [9.17, 15) is 13.2 Å². The molecule has 2 aromatic rings. The SMILES string of the molecule is CCCOc1ccccc1C(=O)N(Cc1ccc(N(CC)CC)cc1)C1CCS(=O)(=O)C1. The van der Waals surface area contributed by atoms with E-state index in [1.165, 1.54) is 0 Å². The minimum absolute atomic E-state index is 0.00819. The van der Waals surface area contributed by atoms with Gasteiger partial charge in [0.05, 0.1) is 23.7 Å². The Labute approximate surface area is 192 Å². The van der Waals surface area contributed by atoms with Crippen molar-refractivity contribution in [3.8, 4) is 5.75 Å². The van der Waals surface area contributed by atoms with Gasteiger partial charge >= 0.3 is 0 Å². The molecule has 1 fully saturated rings. The molecule has 1 heterocycles. The van der Waals surface area contributed by atoms with Crippen molar-refractivity contribution >= 4 is 21.4 Å². The molecular formula is C25H34N2O4S. The normalized spacial score (nSPS) is 17.2. The lowest BCUT2D eigenvalue weighted by atomic mass is 10.1. The molecule has 7 heteroatoms. The van der Waals surface area contributed by atoms with Gasteiger partial charge in [0.25, 0.3) is 5.91 Å². The summed E-state index contributed by atoms with van der Waals surface area (Å²) in [5.74, 6) is 0.485. The maximum atomic E-state index is 13.6. The van der Waals surface area contributed by atoms with Crippen LogP contribution in [0.2, 0.25) is 0 Å². The number of hydrogen-bond donors (Lipinski definition) is 0. The van der Waals surface area contributed by atoms with Crippen LogP contribution in [-0.2, 0) is 16.4 Å². The van der Waals surface area contributed by atoms with Crippen molar-refractivity contribution in [3.05, 3.63) is 59.7 Å². The van der Waals surface area contributed by atoms with E-state index in [4.69, 9.17) is 4.74 Å². The van der Waals surface area contributed by atoms with E-state index in [0.29, 0.717) is 30.9 Å². The Morgan fingerprint density at radius 1 is 1.03 bits per heavy atom. The predicted molar refractivity (Wildman–Crippen MR) is 129 cm³/mol. The van der Waals surface area contributed by atoms with Gasteiger partial charge in [0, 0.05) is 31.4 Å². The summed E-state index contributed by atoms with van der Waals surface area (Å²) in [6, 6.07) is 15.1. The summed E-state index contributed by atoms with van der Waals surface area (Å²) < 4.78 is 30.2. The summed E-state index contributed by atoms with van der Waals surface area (Å²) >= 11 is 0. The second kappa shape index (κ2) is 10.9. The molecule has 1 amide bonds. The third kappa shape index (κ3) is 5.82. The number of anilines is 1. The molecule has 0 radical (unpaired) electrons. The number of carbonyl (C=O) groups excluding carboxylic acids is 1. The molecule has 6 nitrogen and oxygen atoms in total. The van der Waals surface area contributed by atoms with E-state index < -0.39 is 9.84 Å². The Balaban J connectivity index is 1.89. The molecule has 0 bridgehead atoms. The highest BCUT2D eigenvalue weighted by atomic mass is 32.2. The second-order valence-corrected chi connectivity index (χ2v) is 10.4. The van der Waals surface area contributed by atoms with Crippen molar-refractivity contribution in [1.82, 2.24) is 4.90 Å². The Bertz CT molecular complexity index is 1000. The van der Waals surface area contributed by atoms with E-state index in [1.54, 1.807) is 17.0 Å². The number of rotatable bonds is 10. The Morgan fingerprint density at radius 3 is 2.31 bits per heavy atom. The first-order chi connectivity index (χ1) is 15.4. The highest BCUT2D eigenvalue weighted by molar-refractivity contribution is 7.91. The maximum Gasteiger partial charge on any atom is 0.258 e. The molecule has 3 rings (SSSR count). The van der Waals surface area contributed by atoms with E-state index in [0.717, 1.165) is 30.8 Å². The van der Waals surface area contributed by atoms with Gasteiger partial charge in [-0.15, -0.1) is 0 Å². The molecule has 0 N–H and O–H groups in total. The molecule has 174 valence electrons. The minimum atomic E-state index is -3.13. The molecule has 32 heavy (non-hydrogen) atoms. The Hall–Kier alpha value is -2.54. The van der Waals surface area contributed by atoms with Crippen molar-refractivity contribution in [2.45, 2.75) is 46.2 Å². The zero-order valence-corrected chi connectivity index (χ0v) is 20.1. The molecule has 0 saturated carbocycles. The van der Waals surface area contributed by atoms with Crippen LogP contribution in [0.5, 0.6) is 5.75 Å². The Kier molecular flexibility index (Phi) is 8.18. The third-order valence-electron chi connectivity index (χ3n) is 5.91. The average molecular weight is 459 g/mol. The predicted octanol–water partition coefficient (Wildman–Crippen LogP) is 4.15. The standard InChI is InChI=1S/C25H34N2O4S/c1-4-16-31-24-10-8-7-9-23(24)25(28)27(22-15-17-32(29,30)19-22)18-20-11-13-21(14-12-20)26(5-2)6-3/h7-14,22H,4-6,15-19H2,1-3H3. The number of hydrogen-bond acceptors (Lipinski definition) is 5. The summed E-state index contributed by atoms with van der Waals surface area (Å²) in [5.41, 5.74) is 2.59. The van der Waals surface area contributed by atoms with E-state index in [-0.39, 0.29) is 23.5 Å². The highest BCUT2D eigenvalue weighted by Crippen LogP contribution is 2.27. The zero-order valence-electron chi connectivity index (χ0n) is 19.3. The van der Waals surface area contributed by atoms with Crippen LogP contribution in [0.4, 0.5) is 5.69 Å². The van der Waals surface area contributed by atoms with Gasteiger partial charge in [0.15, 0.2) is 9.84 Å². The first kappa shape index (κ1) is 24.1. The van der Waals surface area contributed by atoms with Gasteiger partial charge in [-0.25, -0.2) is 8.42 Å². The van der Waals surface area contributed by atoms with Crippen LogP contribution in [0.3, 0.4) is 0 Å². The lowest BCUT2D eigenvalue weighted by Gasteiger charge is -2.29. The van der Waals surface area contributed by atoms with Gasteiger partial charge in [-0.2, -0.15) is 0 Å². The van der Waals surface area contributed by atoms with Gasteiger partial charge in [0.2, 0.25) is 0 Å². The lowest BCUT2D eigenvalue weighted by molar-refractivity contribution is 0.0676. The molecule has 1 unspecified atom stereocenters. The van der Waals surface area contributed by atoms with Crippen molar-refractivity contribution in [2.24, 2.45) is 0 Å². The van der Waals surface area contributed by atoms with E-state index in [2.05, 4.69) is 30.9 Å². The third-order valence-corrected chi connectivity index (χ3v) is 7.66. The monoisotopic (exact) mass is 458 g/mol. The summed E-state index contributed by atoms with van der Waals surface area (Å²) in [5, 5.41) is 0. The zero-order chi connectivity index (χ0) is 23.1. The summed E-state index contributed by atoms with van der Waals surface area (Å²) in [7, 11) is -3.13. The molecule has 0 aromatic heterocycles. The minimum Gasteiger partial charge on any atom is -0.493 e. The smallest absolute Gasteiger partial charge is 0.258 e. The number of nitrogens with zero attached hydrogens (tertiary/aromatic N) is 2. The largest absolute Gasteiger partial charge is 0.493 e. The van der Waals surface area contributed by atoms with Crippen molar-refractivity contribution in [3.63, 3.8) is 0 Å². The van der Waals surface area contributed by atoms with Gasteiger partial charge in [-0.3, -0.25) is 4.79 Å². The summed E-state index contributed by atoms with van der Waals surface area (Å²) in [4.78, 5) is 17.6. The molecule has 1 aliphatic heterocycles. The molecule has 0 spiro atoms. The first-order valence-corrected chi connectivity index (χ1v) is 13.3. The summed E-state index contributed by atoms with van der Waals surface area (Å²) in [6.45, 7) is 8.99. The first-order valence-electron chi connectivity index (χ1n) is 11.5. The number of benzene rings is 2. The number of amides is 1. The fourth-order valence-electron chi connectivity index (χ4n) is 4.12. The van der Waals surface area contributed by atoms with Crippen LogP contribution < -0.4 is 9.64 Å². The molecule has 0 aliphatic carbocycles. The lowest BCUT2D eigenvalue weighted by Crippen LogP contribution is -2.40. The molecular weight excluding hydrogens is 424 g/mol. The van der Waals surface area contributed by atoms with Gasteiger partial charge < -0.3 is 14.5 Å². The van der Waals surface area contributed by atoms with Crippen molar-refractivity contribution in [1.29, 1.82) is 0 Å². The van der Waals surface area contributed by atoms with E-state index >= 15 is 0 Å². The molecule has 1 saturated heterocycles. The number of carbonyl (C=O) groups is 1. The maximum absolute atomic E-state index is 13.6. The highest BCUT2D eigenvalue weighted by Gasteiger charge is 2.35. The molecule has 2 aromatic carbocycles. The van der Waals surface area contributed by atoms with Crippen LogP contribution in [0, 0.1) is 0 Å². The average Bonchev–Trinajstić information content (AvgIpc) is 3.17. The van der Waals surface area contributed by atoms with Gasteiger partial charge in [0.1, 0.15) is 5.75 Å². The van der Waals surface area contributed by atoms with Crippen molar-refractivity contribution in [2.75, 3.05) is 36.1 Å². The number of ether oxygens (including phenoxy) is 1. The van der Waals surface area contributed by atoms with Crippen LogP contribution in [0.15, 0.2) is 48.5 Å². The van der Waals surface area contributed by atoms with Crippen LogP contribution in [0.25, 0.3) is 0 Å². The number of sulfone groups is 1. The fourth-order valence-corrected chi connectivity index (χ4v) is 5.85. The Morgan fingerprint density at radius 2 is 1.72 bits per heavy atom. The summed E-state index contributed by atoms with van der Waals surface area (Å²) in [6.07, 6.45) is 1.30. The topological polar surface area (TPSA) is 66.9 Å². The number of para-hydroxylation sites is 1.